The van der Waals surface area contributed by atoms with Crippen molar-refractivity contribution in [3.05, 3.63) is 20.8 Å². The van der Waals surface area contributed by atoms with Gasteiger partial charge in [0.1, 0.15) is 0 Å². The van der Waals surface area contributed by atoms with Crippen LogP contribution in [-0.2, 0) is 6.54 Å². The molecule has 0 spiro atoms. The highest BCUT2D eigenvalue weighted by molar-refractivity contribution is 9.11. The summed E-state index contributed by atoms with van der Waals surface area (Å²) >= 11 is 5.17. The fraction of sp³-hybridized carbons (Fsp3) is 0.556. The maximum Gasteiger partial charge on any atom is 0.0701 e. The molecule has 0 radical (unpaired) electrons. The van der Waals surface area contributed by atoms with Crippen LogP contribution in [0.15, 0.2) is 15.2 Å². The molecule has 0 fully saturated rings. The lowest BCUT2D eigenvalue weighted by Crippen LogP contribution is -2.15. The molecule has 1 heterocycles. The van der Waals surface area contributed by atoms with Gasteiger partial charge in [-0.1, -0.05) is 0 Å². The van der Waals surface area contributed by atoms with Gasteiger partial charge in [0.25, 0.3) is 0 Å². The molecule has 13 heavy (non-hydrogen) atoms. The Bertz CT molecular complexity index is 237. The Morgan fingerprint density at radius 2 is 2.31 bits per heavy atom. The van der Waals surface area contributed by atoms with E-state index in [1.165, 1.54) is 15.8 Å². The zero-order valence-corrected chi connectivity index (χ0v) is 9.96. The topological polar surface area (TPSA) is 38.0 Å². The van der Waals surface area contributed by atoms with Crippen LogP contribution in [0.4, 0.5) is 0 Å². The Labute approximate surface area is 91.7 Å². The summed E-state index contributed by atoms with van der Waals surface area (Å²) in [6.07, 6.45) is 2.28. The van der Waals surface area contributed by atoms with Gasteiger partial charge in [-0.25, -0.2) is 0 Å². The number of thiophene rings is 1. The molecular weight excluding hydrogens is 248 g/mol. The highest BCUT2D eigenvalue weighted by Gasteiger charge is 1.95. The van der Waals surface area contributed by atoms with E-state index in [4.69, 9.17) is 5.73 Å². The minimum absolute atomic E-state index is 0.797. The van der Waals surface area contributed by atoms with Gasteiger partial charge in [-0.15, -0.1) is 11.3 Å². The Morgan fingerprint density at radius 3 is 2.92 bits per heavy atom. The number of nitrogens with two attached hydrogens (primary N) is 1. The predicted molar refractivity (Wildman–Crippen MR) is 62.0 cm³/mol. The summed E-state index contributed by atoms with van der Waals surface area (Å²) in [4.78, 5) is 0. The quantitative estimate of drug-likeness (QED) is 0.773. The molecule has 0 saturated carbocycles. The fourth-order valence-corrected chi connectivity index (χ4v) is 2.27. The molecule has 4 heteroatoms. The fourth-order valence-electron chi connectivity index (χ4n) is 1.07. The molecule has 0 aliphatic carbocycles. The number of hydrogen-bond donors (Lipinski definition) is 2. The lowest BCUT2D eigenvalue weighted by atomic mass is 10.3. The maximum absolute atomic E-state index is 5.39. The Morgan fingerprint density at radius 1 is 1.46 bits per heavy atom. The van der Waals surface area contributed by atoms with Crippen LogP contribution in [0.1, 0.15) is 18.4 Å². The molecule has 0 aliphatic rings. The van der Waals surface area contributed by atoms with Crippen molar-refractivity contribution in [2.75, 3.05) is 13.1 Å². The average Bonchev–Trinajstić information content (AvgIpc) is 2.51. The van der Waals surface area contributed by atoms with Gasteiger partial charge in [-0.05, 0) is 58.9 Å². The van der Waals surface area contributed by atoms with Gasteiger partial charge < -0.3 is 11.1 Å². The molecule has 0 atom stereocenters. The molecule has 1 rings (SSSR count). The van der Waals surface area contributed by atoms with Crippen LogP contribution in [0.5, 0.6) is 0 Å². The Balaban J connectivity index is 2.06. The molecule has 0 saturated heterocycles. The summed E-state index contributed by atoms with van der Waals surface area (Å²) in [6.45, 7) is 2.82. The third-order valence-electron chi connectivity index (χ3n) is 1.76. The zero-order valence-electron chi connectivity index (χ0n) is 7.55. The highest BCUT2D eigenvalue weighted by atomic mass is 79.9. The summed E-state index contributed by atoms with van der Waals surface area (Å²) in [5, 5.41) is 5.55. The SMILES string of the molecule is NCCCCNCc1csc(Br)c1. The molecule has 74 valence electrons. The molecule has 1 aromatic heterocycles. The molecule has 0 amide bonds. The first-order valence-electron chi connectivity index (χ1n) is 4.46. The van der Waals surface area contributed by atoms with Crippen molar-refractivity contribution in [1.29, 1.82) is 0 Å². The second kappa shape index (κ2) is 6.54. The van der Waals surface area contributed by atoms with Crippen LogP contribution in [0.3, 0.4) is 0 Å². The first-order chi connectivity index (χ1) is 6.33. The van der Waals surface area contributed by atoms with E-state index < -0.39 is 0 Å². The van der Waals surface area contributed by atoms with Crippen molar-refractivity contribution in [2.24, 2.45) is 5.73 Å². The highest BCUT2D eigenvalue weighted by Crippen LogP contribution is 2.20. The van der Waals surface area contributed by atoms with Crippen molar-refractivity contribution in [1.82, 2.24) is 5.32 Å². The Kier molecular flexibility index (Phi) is 5.62. The molecule has 0 bridgehead atoms. The summed E-state index contributed by atoms with van der Waals surface area (Å²) in [5.41, 5.74) is 6.74. The van der Waals surface area contributed by atoms with Crippen molar-refractivity contribution < 1.29 is 0 Å². The van der Waals surface area contributed by atoms with Crippen LogP contribution in [0.2, 0.25) is 0 Å². The van der Waals surface area contributed by atoms with Crippen molar-refractivity contribution in [3.63, 3.8) is 0 Å². The van der Waals surface area contributed by atoms with Gasteiger partial charge >= 0.3 is 0 Å². The molecule has 3 N–H and O–H groups in total. The van der Waals surface area contributed by atoms with Crippen molar-refractivity contribution >= 4 is 27.3 Å². The molecule has 1 aromatic rings. The van der Waals surface area contributed by atoms with Crippen LogP contribution in [0, 0.1) is 0 Å². The number of halogens is 1. The standard InChI is InChI=1S/C9H15BrN2S/c10-9-5-8(7-13-9)6-12-4-2-1-3-11/h5,7,12H,1-4,6,11H2. The second-order valence-corrected chi connectivity index (χ2v) is 5.22. The second-order valence-electron chi connectivity index (χ2n) is 2.93. The van der Waals surface area contributed by atoms with Crippen LogP contribution < -0.4 is 11.1 Å². The summed E-state index contributed by atoms with van der Waals surface area (Å²) in [5.74, 6) is 0. The minimum atomic E-state index is 0.797. The lowest BCUT2D eigenvalue weighted by Gasteiger charge is -2.01. The summed E-state index contributed by atoms with van der Waals surface area (Å²) in [6, 6.07) is 2.15. The normalized spacial score (nSPS) is 10.6. The first-order valence-corrected chi connectivity index (χ1v) is 6.14. The van der Waals surface area contributed by atoms with Crippen molar-refractivity contribution in [3.8, 4) is 0 Å². The van der Waals surface area contributed by atoms with Gasteiger partial charge in [0.2, 0.25) is 0 Å². The summed E-state index contributed by atoms with van der Waals surface area (Å²) < 4.78 is 1.20. The Hall–Kier alpha value is 0.100. The number of hydrogen-bond acceptors (Lipinski definition) is 3. The van der Waals surface area contributed by atoms with Gasteiger partial charge in [-0.2, -0.15) is 0 Å². The van der Waals surface area contributed by atoms with Gasteiger partial charge in [0.15, 0.2) is 0 Å². The molecule has 0 aliphatic heterocycles. The van der Waals surface area contributed by atoms with Gasteiger partial charge in [0.05, 0.1) is 3.79 Å². The van der Waals surface area contributed by atoms with E-state index in [9.17, 15) is 0 Å². The van der Waals surface area contributed by atoms with Crippen LogP contribution in [-0.4, -0.2) is 13.1 Å². The monoisotopic (exact) mass is 262 g/mol. The van der Waals surface area contributed by atoms with E-state index >= 15 is 0 Å². The van der Waals surface area contributed by atoms with E-state index in [1.54, 1.807) is 11.3 Å². The van der Waals surface area contributed by atoms with E-state index in [2.05, 4.69) is 32.7 Å². The van der Waals surface area contributed by atoms with Gasteiger partial charge in [0, 0.05) is 6.54 Å². The first kappa shape index (κ1) is 11.2. The maximum atomic E-state index is 5.39. The third-order valence-corrected chi connectivity index (χ3v) is 3.31. The van der Waals surface area contributed by atoms with Gasteiger partial charge in [-0.3, -0.25) is 0 Å². The number of nitrogens with one attached hydrogen (secondary N) is 1. The molecular formula is C9H15BrN2S. The number of rotatable bonds is 6. The molecule has 0 aromatic carbocycles. The van der Waals surface area contributed by atoms with E-state index in [0.29, 0.717) is 0 Å². The largest absolute Gasteiger partial charge is 0.330 e. The van der Waals surface area contributed by atoms with E-state index in [0.717, 1.165) is 26.1 Å². The average molecular weight is 263 g/mol. The predicted octanol–water partition coefficient (Wildman–Crippen LogP) is 2.34. The molecule has 2 nitrogen and oxygen atoms in total. The van der Waals surface area contributed by atoms with Crippen molar-refractivity contribution in [2.45, 2.75) is 19.4 Å². The lowest BCUT2D eigenvalue weighted by molar-refractivity contribution is 0.628. The van der Waals surface area contributed by atoms with E-state index in [1.807, 2.05) is 0 Å². The smallest absolute Gasteiger partial charge is 0.0701 e. The summed E-state index contributed by atoms with van der Waals surface area (Å²) in [7, 11) is 0. The zero-order chi connectivity index (χ0) is 9.52. The molecule has 0 unspecified atom stereocenters. The van der Waals surface area contributed by atoms with Crippen LogP contribution in [0.25, 0.3) is 0 Å². The van der Waals surface area contributed by atoms with Crippen LogP contribution >= 0.6 is 27.3 Å². The minimum Gasteiger partial charge on any atom is -0.330 e. The third kappa shape index (κ3) is 4.76. The number of unbranched alkanes of at least 4 members (excludes halogenated alkanes) is 1. The van der Waals surface area contributed by atoms with E-state index in [-0.39, 0.29) is 0 Å².